The summed E-state index contributed by atoms with van der Waals surface area (Å²) >= 11 is 4.31. The standard InChI is InChI=1S/C13H19N3O3S/c14-7-12(17)8-16(20)11-3-1-10(2-4-11)15-5-6-19-9-13(15)18/h1-4,12,17,20H,5-9,14H2. The Morgan fingerprint density at radius 1 is 1.45 bits per heavy atom. The van der Waals surface area contributed by atoms with E-state index in [9.17, 15) is 9.90 Å². The molecule has 1 aromatic carbocycles. The smallest absolute Gasteiger partial charge is 0.253 e. The molecule has 1 heterocycles. The van der Waals surface area contributed by atoms with E-state index in [-0.39, 0.29) is 19.1 Å². The first kappa shape index (κ1) is 15.1. The molecule has 1 atom stereocenters. The molecule has 1 aliphatic rings. The number of morpholine rings is 1. The molecular formula is C13H19N3O3S. The number of amides is 1. The van der Waals surface area contributed by atoms with Gasteiger partial charge in [-0.25, -0.2) is 0 Å². The summed E-state index contributed by atoms with van der Waals surface area (Å²) in [4.78, 5) is 13.4. The van der Waals surface area contributed by atoms with Crippen LogP contribution in [0.5, 0.6) is 0 Å². The van der Waals surface area contributed by atoms with Crippen LogP contribution in [0.15, 0.2) is 24.3 Å². The fourth-order valence-electron chi connectivity index (χ4n) is 1.98. The summed E-state index contributed by atoms with van der Waals surface area (Å²) in [6.07, 6.45) is -0.618. The summed E-state index contributed by atoms with van der Waals surface area (Å²) in [5.41, 5.74) is 7.04. The number of benzene rings is 1. The van der Waals surface area contributed by atoms with Crippen molar-refractivity contribution in [1.82, 2.24) is 0 Å². The van der Waals surface area contributed by atoms with Gasteiger partial charge in [-0.3, -0.25) is 4.79 Å². The van der Waals surface area contributed by atoms with Gasteiger partial charge in [0, 0.05) is 24.5 Å². The van der Waals surface area contributed by atoms with Crippen molar-refractivity contribution >= 4 is 30.1 Å². The van der Waals surface area contributed by atoms with Crippen molar-refractivity contribution < 1.29 is 14.6 Å². The third-order valence-corrected chi connectivity index (χ3v) is 3.50. The van der Waals surface area contributed by atoms with Crippen LogP contribution in [-0.4, -0.2) is 50.0 Å². The van der Waals surface area contributed by atoms with Gasteiger partial charge >= 0.3 is 0 Å². The molecule has 0 spiro atoms. The first-order valence-electron chi connectivity index (χ1n) is 6.44. The van der Waals surface area contributed by atoms with Gasteiger partial charge in [0.05, 0.1) is 19.3 Å². The molecule has 0 aromatic heterocycles. The maximum absolute atomic E-state index is 11.7. The largest absolute Gasteiger partial charge is 0.390 e. The Balaban J connectivity index is 2.03. The third-order valence-electron chi connectivity index (χ3n) is 3.10. The van der Waals surface area contributed by atoms with Crippen LogP contribution in [0.25, 0.3) is 0 Å². The first-order valence-corrected chi connectivity index (χ1v) is 6.84. The molecule has 0 radical (unpaired) electrons. The summed E-state index contributed by atoms with van der Waals surface area (Å²) in [5, 5.41) is 9.50. The zero-order chi connectivity index (χ0) is 14.5. The number of rotatable bonds is 5. The summed E-state index contributed by atoms with van der Waals surface area (Å²) in [5.74, 6) is -0.0368. The number of nitrogens with two attached hydrogens (primary N) is 1. The number of aliphatic hydroxyl groups excluding tert-OH is 1. The van der Waals surface area contributed by atoms with E-state index in [4.69, 9.17) is 10.5 Å². The van der Waals surface area contributed by atoms with Crippen molar-refractivity contribution in [3.05, 3.63) is 24.3 Å². The van der Waals surface area contributed by atoms with Crippen LogP contribution in [0.3, 0.4) is 0 Å². The highest BCUT2D eigenvalue weighted by Crippen LogP contribution is 2.23. The van der Waals surface area contributed by atoms with Crippen LogP contribution in [0.2, 0.25) is 0 Å². The number of hydrogen-bond donors (Lipinski definition) is 3. The van der Waals surface area contributed by atoms with E-state index in [1.165, 1.54) is 0 Å². The number of ether oxygens (including phenoxy) is 1. The molecule has 6 nitrogen and oxygen atoms in total. The maximum Gasteiger partial charge on any atom is 0.253 e. The zero-order valence-electron chi connectivity index (χ0n) is 11.1. The summed E-state index contributed by atoms with van der Waals surface area (Å²) < 4.78 is 6.73. The molecule has 1 saturated heterocycles. The predicted octanol–water partition coefficient (Wildman–Crippen LogP) is 0.0206. The van der Waals surface area contributed by atoms with Gasteiger partial charge in [0.2, 0.25) is 0 Å². The second kappa shape index (κ2) is 6.94. The van der Waals surface area contributed by atoms with Crippen LogP contribution in [-0.2, 0) is 9.53 Å². The van der Waals surface area contributed by atoms with Crippen LogP contribution in [0.1, 0.15) is 0 Å². The van der Waals surface area contributed by atoms with Gasteiger partial charge in [0.25, 0.3) is 5.91 Å². The maximum atomic E-state index is 11.7. The van der Waals surface area contributed by atoms with Crippen molar-refractivity contribution in [2.75, 3.05) is 42.1 Å². The number of nitrogens with zero attached hydrogens (tertiary/aromatic N) is 2. The lowest BCUT2D eigenvalue weighted by atomic mass is 10.2. The van der Waals surface area contributed by atoms with Gasteiger partial charge in [0.1, 0.15) is 6.61 Å². The average Bonchev–Trinajstić information content (AvgIpc) is 2.47. The van der Waals surface area contributed by atoms with Crippen molar-refractivity contribution in [2.45, 2.75) is 6.10 Å². The van der Waals surface area contributed by atoms with Gasteiger partial charge < -0.3 is 24.8 Å². The molecule has 20 heavy (non-hydrogen) atoms. The highest BCUT2D eigenvalue weighted by molar-refractivity contribution is 7.81. The fourth-order valence-corrected chi connectivity index (χ4v) is 2.30. The van der Waals surface area contributed by atoms with Crippen LogP contribution >= 0.6 is 12.8 Å². The van der Waals surface area contributed by atoms with E-state index < -0.39 is 6.10 Å². The number of carbonyl (C=O) groups is 1. The Morgan fingerprint density at radius 2 is 2.15 bits per heavy atom. The Morgan fingerprint density at radius 3 is 2.75 bits per heavy atom. The van der Waals surface area contributed by atoms with Crippen molar-refractivity contribution in [3.63, 3.8) is 0 Å². The molecule has 3 N–H and O–H groups in total. The molecule has 0 bridgehead atoms. The van der Waals surface area contributed by atoms with E-state index in [1.807, 2.05) is 24.3 Å². The molecule has 1 amide bonds. The lowest BCUT2D eigenvalue weighted by Gasteiger charge is -2.27. The second-order valence-electron chi connectivity index (χ2n) is 4.59. The highest BCUT2D eigenvalue weighted by atomic mass is 32.1. The average molecular weight is 297 g/mol. The van der Waals surface area contributed by atoms with E-state index in [0.29, 0.717) is 19.7 Å². The Hall–Kier alpha value is -1.28. The molecular weight excluding hydrogens is 278 g/mol. The van der Waals surface area contributed by atoms with Gasteiger partial charge in [-0.2, -0.15) is 0 Å². The molecule has 7 heteroatoms. The first-order chi connectivity index (χ1) is 9.61. The van der Waals surface area contributed by atoms with Crippen LogP contribution < -0.4 is 14.9 Å². The predicted molar refractivity (Wildman–Crippen MR) is 81.0 cm³/mol. The fraction of sp³-hybridized carbons (Fsp3) is 0.462. The molecule has 110 valence electrons. The molecule has 1 aliphatic heterocycles. The number of carbonyl (C=O) groups excluding carboxylic acids is 1. The molecule has 1 unspecified atom stereocenters. The van der Waals surface area contributed by atoms with Gasteiger partial charge in [0.15, 0.2) is 0 Å². The van der Waals surface area contributed by atoms with E-state index in [0.717, 1.165) is 11.4 Å². The lowest BCUT2D eigenvalue weighted by molar-refractivity contribution is -0.125. The Bertz CT molecular complexity index is 455. The lowest BCUT2D eigenvalue weighted by Crippen LogP contribution is -2.41. The quantitative estimate of drug-likeness (QED) is 0.668. The van der Waals surface area contributed by atoms with E-state index in [2.05, 4.69) is 12.8 Å². The highest BCUT2D eigenvalue weighted by Gasteiger charge is 2.20. The minimum Gasteiger partial charge on any atom is -0.390 e. The zero-order valence-corrected chi connectivity index (χ0v) is 12.0. The minimum atomic E-state index is -0.618. The number of hydrogen-bond acceptors (Lipinski definition) is 6. The Kier molecular flexibility index (Phi) is 5.24. The van der Waals surface area contributed by atoms with E-state index >= 15 is 0 Å². The molecule has 0 saturated carbocycles. The number of anilines is 2. The molecule has 1 fully saturated rings. The van der Waals surface area contributed by atoms with E-state index in [1.54, 1.807) is 9.21 Å². The normalized spacial score (nSPS) is 17.1. The number of aliphatic hydroxyl groups is 1. The topological polar surface area (TPSA) is 79.0 Å². The third kappa shape index (κ3) is 3.63. The number of thiol groups is 1. The molecule has 2 rings (SSSR count). The van der Waals surface area contributed by atoms with Crippen LogP contribution in [0, 0.1) is 0 Å². The molecule has 1 aromatic rings. The second-order valence-corrected chi connectivity index (χ2v) is 5.07. The molecule has 0 aliphatic carbocycles. The van der Waals surface area contributed by atoms with Crippen molar-refractivity contribution in [2.24, 2.45) is 5.73 Å². The van der Waals surface area contributed by atoms with Gasteiger partial charge in [-0.1, -0.05) is 12.8 Å². The van der Waals surface area contributed by atoms with Gasteiger partial charge in [-0.05, 0) is 24.3 Å². The minimum absolute atomic E-state index is 0.0368. The van der Waals surface area contributed by atoms with Crippen molar-refractivity contribution in [1.29, 1.82) is 0 Å². The Labute approximate surface area is 123 Å². The van der Waals surface area contributed by atoms with Gasteiger partial charge in [-0.15, -0.1) is 0 Å². The summed E-state index contributed by atoms with van der Waals surface area (Å²) in [6, 6.07) is 7.43. The summed E-state index contributed by atoms with van der Waals surface area (Å²) in [7, 11) is 0. The summed E-state index contributed by atoms with van der Waals surface area (Å²) in [6.45, 7) is 1.78. The monoisotopic (exact) mass is 297 g/mol. The van der Waals surface area contributed by atoms with Crippen LogP contribution in [0.4, 0.5) is 11.4 Å². The SMILES string of the molecule is NCC(O)CN(S)c1ccc(N2CCOCC2=O)cc1. The van der Waals surface area contributed by atoms with Crippen molar-refractivity contribution in [3.8, 4) is 0 Å².